The largest absolute Gasteiger partial charge is 0.434 e. The summed E-state index contributed by atoms with van der Waals surface area (Å²) in [4.78, 5) is 25.4. The summed E-state index contributed by atoms with van der Waals surface area (Å²) >= 11 is 0. The third kappa shape index (κ3) is 3.12. The molecule has 0 bridgehead atoms. The molecule has 11 heteroatoms. The van der Waals surface area contributed by atoms with Crippen molar-refractivity contribution in [3.05, 3.63) is 46.5 Å². The number of hydrogen-bond acceptors (Lipinski definition) is 6. The summed E-state index contributed by atoms with van der Waals surface area (Å²) in [6.07, 6.45) is -1.40. The highest BCUT2D eigenvalue weighted by Gasteiger charge is 2.33. The SMILES string of the molecule is Cc1ncc(-c2noc(Cn3cnc(C(F)(F)F)c3)n2)c(=O)[nH]1. The van der Waals surface area contributed by atoms with Crippen LogP contribution in [0, 0.1) is 6.92 Å². The zero-order chi connectivity index (χ0) is 16.6. The van der Waals surface area contributed by atoms with Crippen LogP contribution in [0.1, 0.15) is 17.4 Å². The van der Waals surface area contributed by atoms with Crippen molar-refractivity contribution in [3.63, 3.8) is 0 Å². The molecule has 0 saturated heterocycles. The summed E-state index contributed by atoms with van der Waals surface area (Å²) in [5.41, 5.74) is -1.35. The minimum atomic E-state index is -4.52. The Bertz CT molecular complexity index is 895. The number of alkyl halides is 3. The molecule has 0 amide bonds. The van der Waals surface area contributed by atoms with Crippen LogP contribution < -0.4 is 5.56 Å². The minimum Gasteiger partial charge on any atom is -0.337 e. The number of halogens is 3. The number of aryl methyl sites for hydroxylation is 1. The van der Waals surface area contributed by atoms with E-state index in [1.807, 2.05) is 0 Å². The van der Waals surface area contributed by atoms with Gasteiger partial charge in [-0.2, -0.15) is 18.2 Å². The molecule has 0 aromatic carbocycles. The number of H-pyrrole nitrogens is 1. The maximum Gasteiger partial charge on any atom is 0.434 e. The van der Waals surface area contributed by atoms with Gasteiger partial charge in [-0.15, -0.1) is 0 Å². The third-order valence-electron chi connectivity index (χ3n) is 2.88. The first-order valence-electron chi connectivity index (χ1n) is 6.31. The van der Waals surface area contributed by atoms with Gasteiger partial charge in [-0.05, 0) is 6.92 Å². The monoisotopic (exact) mass is 326 g/mol. The van der Waals surface area contributed by atoms with E-state index in [1.54, 1.807) is 6.92 Å². The van der Waals surface area contributed by atoms with Gasteiger partial charge in [-0.25, -0.2) is 9.97 Å². The molecule has 0 aliphatic carbocycles. The lowest BCUT2D eigenvalue weighted by atomic mass is 10.3. The van der Waals surface area contributed by atoms with Gasteiger partial charge in [-0.1, -0.05) is 5.16 Å². The highest BCUT2D eigenvalue weighted by molar-refractivity contribution is 5.50. The Morgan fingerprint density at radius 3 is 2.78 bits per heavy atom. The van der Waals surface area contributed by atoms with Gasteiger partial charge in [0.1, 0.15) is 17.9 Å². The highest BCUT2D eigenvalue weighted by Crippen LogP contribution is 2.27. The van der Waals surface area contributed by atoms with Crippen molar-refractivity contribution in [3.8, 4) is 11.4 Å². The molecule has 3 aromatic heterocycles. The summed E-state index contributed by atoms with van der Waals surface area (Å²) in [6, 6.07) is 0. The van der Waals surface area contributed by atoms with E-state index in [-0.39, 0.29) is 23.8 Å². The fourth-order valence-electron chi connectivity index (χ4n) is 1.82. The van der Waals surface area contributed by atoms with E-state index in [0.717, 1.165) is 17.1 Å². The molecule has 8 nitrogen and oxygen atoms in total. The van der Waals surface area contributed by atoms with Crippen LogP contribution in [0.4, 0.5) is 13.2 Å². The Kier molecular flexibility index (Phi) is 3.47. The molecular weight excluding hydrogens is 317 g/mol. The first kappa shape index (κ1) is 14.9. The second kappa shape index (κ2) is 5.34. The van der Waals surface area contributed by atoms with E-state index >= 15 is 0 Å². The summed E-state index contributed by atoms with van der Waals surface area (Å²) < 4.78 is 43.5. The molecule has 23 heavy (non-hydrogen) atoms. The van der Waals surface area contributed by atoms with Crippen LogP contribution in [-0.2, 0) is 12.7 Å². The maximum absolute atomic E-state index is 12.5. The van der Waals surface area contributed by atoms with Crippen LogP contribution >= 0.6 is 0 Å². The molecule has 3 aromatic rings. The number of aromatic nitrogens is 6. The zero-order valence-corrected chi connectivity index (χ0v) is 11.6. The molecule has 3 heterocycles. The van der Waals surface area contributed by atoms with E-state index in [2.05, 4.69) is 25.1 Å². The predicted molar refractivity (Wildman–Crippen MR) is 69.2 cm³/mol. The smallest absolute Gasteiger partial charge is 0.337 e. The second-order valence-corrected chi connectivity index (χ2v) is 4.65. The topological polar surface area (TPSA) is 102 Å². The standard InChI is InChI=1S/C12H9F3N6O2/c1-6-16-2-7(11(22)18-6)10-19-9(23-20-10)4-21-3-8(17-5-21)12(13,14)15/h2-3,5H,4H2,1H3,(H,16,18,22). The van der Waals surface area contributed by atoms with E-state index in [4.69, 9.17) is 4.52 Å². The number of rotatable bonds is 3. The first-order valence-corrected chi connectivity index (χ1v) is 6.31. The molecule has 120 valence electrons. The molecule has 0 aliphatic heterocycles. The summed E-state index contributed by atoms with van der Waals surface area (Å²) in [5.74, 6) is 0.469. The van der Waals surface area contributed by atoms with Crippen LogP contribution in [0.25, 0.3) is 11.4 Å². The Balaban J connectivity index is 1.82. The molecule has 1 N–H and O–H groups in total. The molecule has 0 atom stereocenters. The van der Waals surface area contributed by atoms with Crippen molar-refractivity contribution >= 4 is 0 Å². The van der Waals surface area contributed by atoms with Crippen molar-refractivity contribution in [1.82, 2.24) is 29.7 Å². The van der Waals surface area contributed by atoms with E-state index < -0.39 is 17.4 Å². The lowest BCUT2D eigenvalue weighted by Gasteiger charge is -1.99. The van der Waals surface area contributed by atoms with Gasteiger partial charge >= 0.3 is 6.18 Å². The van der Waals surface area contributed by atoms with Gasteiger partial charge in [0.25, 0.3) is 5.56 Å². The molecule has 0 unspecified atom stereocenters. The number of nitrogens with one attached hydrogen (secondary N) is 1. The van der Waals surface area contributed by atoms with Gasteiger partial charge < -0.3 is 14.1 Å². The number of nitrogens with zero attached hydrogens (tertiary/aromatic N) is 5. The van der Waals surface area contributed by atoms with Crippen LogP contribution in [0.15, 0.2) is 28.0 Å². The predicted octanol–water partition coefficient (Wildman–Crippen LogP) is 1.39. The minimum absolute atomic E-state index is 0.00455. The van der Waals surface area contributed by atoms with Crippen molar-refractivity contribution in [2.24, 2.45) is 0 Å². The van der Waals surface area contributed by atoms with Crippen molar-refractivity contribution in [1.29, 1.82) is 0 Å². The molecule has 0 fully saturated rings. The highest BCUT2D eigenvalue weighted by atomic mass is 19.4. The van der Waals surface area contributed by atoms with E-state index in [0.29, 0.717) is 5.82 Å². The molecule has 0 aliphatic rings. The van der Waals surface area contributed by atoms with E-state index in [1.165, 1.54) is 6.20 Å². The van der Waals surface area contributed by atoms with Crippen molar-refractivity contribution < 1.29 is 17.7 Å². The van der Waals surface area contributed by atoms with Gasteiger partial charge in [0.15, 0.2) is 5.69 Å². The number of hydrogen-bond donors (Lipinski definition) is 1. The maximum atomic E-state index is 12.5. The first-order chi connectivity index (χ1) is 10.8. The van der Waals surface area contributed by atoms with Crippen LogP contribution in [0.2, 0.25) is 0 Å². The van der Waals surface area contributed by atoms with Gasteiger partial charge in [-0.3, -0.25) is 4.79 Å². The normalized spacial score (nSPS) is 11.8. The molecule has 0 saturated carbocycles. The Hall–Kier alpha value is -2.98. The van der Waals surface area contributed by atoms with E-state index in [9.17, 15) is 18.0 Å². The van der Waals surface area contributed by atoms with Crippen LogP contribution in [0.5, 0.6) is 0 Å². The zero-order valence-electron chi connectivity index (χ0n) is 11.6. The molecule has 0 spiro atoms. The van der Waals surface area contributed by atoms with Crippen molar-refractivity contribution in [2.45, 2.75) is 19.6 Å². The van der Waals surface area contributed by atoms with Crippen LogP contribution in [0.3, 0.4) is 0 Å². The van der Waals surface area contributed by atoms with Gasteiger partial charge in [0.05, 0.1) is 6.33 Å². The average molecular weight is 326 g/mol. The summed E-state index contributed by atoms with van der Waals surface area (Å²) in [6.45, 7) is 1.51. The molecule has 0 radical (unpaired) electrons. The summed E-state index contributed by atoms with van der Waals surface area (Å²) in [5, 5.41) is 3.63. The third-order valence-corrected chi connectivity index (χ3v) is 2.88. The quantitative estimate of drug-likeness (QED) is 0.780. The Labute approximate surface area is 126 Å². The number of imidazole rings is 1. The lowest BCUT2D eigenvalue weighted by Crippen LogP contribution is -2.12. The van der Waals surface area contributed by atoms with Gasteiger partial charge in [0, 0.05) is 12.4 Å². The Morgan fingerprint density at radius 2 is 2.13 bits per heavy atom. The molecular formula is C12H9F3N6O2. The fourth-order valence-corrected chi connectivity index (χ4v) is 1.82. The fraction of sp³-hybridized carbons (Fsp3) is 0.250. The molecule has 3 rings (SSSR count). The Morgan fingerprint density at radius 1 is 1.35 bits per heavy atom. The average Bonchev–Trinajstić information content (AvgIpc) is 3.08. The van der Waals surface area contributed by atoms with Gasteiger partial charge in [0.2, 0.25) is 11.7 Å². The van der Waals surface area contributed by atoms with Crippen LogP contribution in [-0.4, -0.2) is 29.7 Å². The number of aromatic amines is 1. The van der Waals surface area contributed by atoms with Crippen molar-refractivity contribution in [2.75, 3.05) is 0 Å². The summed E-state index contributed by atoms with van der Waals surface area (Å²) in [7, 11) is 0. The second-order valence-electron chi connectivity index (χ2n) is 4.65. The lowest BCUT2D eigenvalue weighted by molar-refractivity contribution is -0.140.